The van der Waals surface area contributed by atoms with Crippen molar-refractivity contribution in [2.24, 2.45) is 0 Å². The lowest BCUT2D eigenvalue weighted by molar-refractivity contribution is -0.204. The van der Waals surface area contributed by atoms with Gasteiger partial charge in [-0.15, -0.1) is 0 Å². The maximum Gasteiger partial charge on any atom is 0.330 e. The molecule has 2 aromatic heterocycles. The molecule has 0 spiro atoms. The predicted molar refractivity (Wildman–Crippen MR) is 485 cm³/mol. The van der Waals surface area contributed by atoms with E-state index in [9.17, 15) is 39.1 Å². The summed E-state index contributed by atoms with van der Waals surface area (Å²) in [5, 5.41) is 29.7. The van der Waals surface area contributed by atoms with Gasteiger partial charge in [0.1, 0.15) is 95.5 Å². The number of nitrogens with one attached hydrogen (secondary N) is 2. The molecule has 3 N–H and O–H groups in total. The predicted octanol–water partition coefficient (Wildman–Crippen LogP) is 14.3. The maximum absolute atomic E-state index is 13.7. The Labute approximate surface area is 747 Å². The van der Waals surface area contributed by atoms with Gasteiger partial charge in [-0.2, -0.15) is 10.5 Å². The Hall–Kier alpha value is -9.78. The normalized spacial score (nSPS) is 20.0. The topological polar surface area (TPSA) is 341 Å². The van der Waals surface area contributed by atoms with Crippen LogP contribution in [0.25, 0.3) is 0 Å². The molecule has 0 saturated carbocycles. The molecule has 6 aromatic carbocycles. The zero-order chi connectivity index (χ0) is 92.8. The van der Waals surface area contributed by atoms with Gasteiger partial charge in [0, 0.05) is 59.8 Å². The number of carbonyl (C=O) groups is 2. The molecule has 5 unspecified atom stereocenters. The highest BCUT2D eigenvalue weighted by Crippen LogP contribution is 2.57. The number of nitriles is 2. The van der Waals surface area contributed by atoms with E-state index in [0.717, 1.165) is 33.4 Å². The molecule has 4 saturated heterocycles. The number of aromatic nitrogens is 4. The summed E-state index contributed by atoms with van der Waals surface area (Å²) in [4.78, 5) is 81.7. The van der Waals surface area contributed by atoms with Gasteiger partial charge in [-0.3, -0.25) is 52.3 Å². The Balaban J connectivity index is 0.000000217. The van der Waals surface area contributed by atoms with Gasteiger partial charge >= 0.3 is 23.3 Å². The van der Waals surface area contributed by atoms with Crippen molar-refractivity contribution in [3.05, 3.63) is 256 Å². The number of fused-ring (bicyclic) bond motifs is 4. The highest BCUT2D eigenvalue weighted by molar-refractivity contribution is 7.53. The summed E-state index contributed by atoms with van der Waals surface area (Å²) >= 11 is 0. The molecule has 31 heteroatoms. The second-order valence-corrected chi connectivity index (χ2v) is 38.8. The van der Waals surface area contributed by atoms with E-state index in [1.54, 1.807) is 70.0 Å². The van der Waals surface area contributed by atoms with Crippen molar-refractivity contribution in [1.82, 2.24) is 33.1 Å². The fourth-order valence-electron chi connectivity index (χ4n) is 17.1. The molecule has 4 fully saturated rings. The van der Waals surface area contributed by atoms with Crippen LogP contribution in [0, 0.1) is 36.5 Å². The van der Waals surface area contributed by atoms with Crippen molar-refractivity contribution in [3.8, 4) is 35.1 Å². The first kappa shape index (κ1) is 99.4. The van der Waals surface area contributed by atoms with Crippen LogP contribution in [0.2, 0.25) is 0 Å². The van der Waals surface area contributed by atoms with Gasteiger partial charge < -0.3 is 66.5 Å². The molecular weight excluding hydrogens is 1660 g/mol. The molecule has 684 valence electrons. The summed E-state index contributed by atoms with van der Waals surface area (Å²) < 4.78 is 90.4. The standard InChI is InChI=1S/C45H55N4O10P.C32H32N2O8.C19H38N3O2P/c1-29(2)49(30(3)4)60(26-37(50)57-43(6,7)23-24-46)59-39-38-41(48-25-31(5)40(51)47-42(48)52)58-44(39,27-55-38)28-56-45(32-13-11-10-12-14-32,33-15-19-35(53-8)20-16-33)34-17-21-36(54-9)22-18-34;1-20-17-34(30(37)33-28(20)36)29-26-27(35)31(42-29,18-40-26)19-41-32(21-7-5-4-6-8-21,22-9-13-24(38-2)14-10-22)23-11-15-25(39-3)16-12-23;1-14(2)21(15(3)4)25(22(16(5)6)17(7)8)13-18(23)24-19(9,10)11-12-20/h10-22,25,29-30,38-39,41H,23,26-28H2,1-9H3,(H,47,51,52);4-17,26-27,29,35H,18-19H2,1-3H3,(H,33,36,37);14-17H,11,13H2,1-10H3/t38?,39?,41-,44-,60?;26?,27?,29-,31-;/m11./s1. The quantitative estimate of drug-likeness (QED) is 0.0185. The lowest BCUT2D eigenvalue weighted by atomic mass is 9.79. The number of aliphatic hydroxyl groups excluding tert-OH is 1. The molecule has 6 heterocycles. The van der Waals surface area contributed by atoms with Crippen LogP contribution in [0.4, 0.5) is 0 Å². The summed E-state index contributed by atoms with van der Waals surface area (Å²) in [6, 6.07) is 55.6. The fraction of sp³-hybridized carbons (Fsp3) is 0.500. The van der Waals surface area contributed by atoms with Gasteiger partial charge in [0.25, 0.3) is 11.1 Å². The Bertz CT molecular complexity index is 5170. The number of rotatable bonds is 37. The Morgan fingerprint density at radius 3 is 1.14 bits per heavy atom. The Kier molecular flexibility index (Phi) is 33.4. The molecular formula is C96H125N9O20P2. The number of carbonyl (C=O) groups excluding carboxylic acids is 2. The third-order valence-corrected chi connectivity index (χ3v) is 28.7. The monoisotopic (exact) mass is 1790 g/mol. The number of aryl methyl sites for hydroxylation is 2. The first-order valence-electron chi connectivity index (χ1n) is 42.8. The molecule has 0 radical (unpaired) electrons. The highest BCUT2D eigenvalue weighted by atomic mass is 31.2. The largest absolute Gasteiger partial charge is 0.497 e. The molecule has 8 aromatic rings. The lowest BCUT2D eigenvalue weighted by Gasteiger charge is -2.47. The van der Waals surface area contributed by atoms with E-state index in [-0.39, 0.29) is 63.5 Å². The minimum atomic E-state index is -1.76. The van der Waals surface area contributed by atoms with Crippen LogP contribution in [0.15, 0.2) is 189 Å². The molecule has 4 aliphatic heterocycles. The number of benzene rings is 6. The van der Waals surface area contributed by atoms with Crippen LogP contribution in [-0.4, -0.2) is 200 Å². The average Bonchev–Trinajstić information content (AvgIpc) is 1.59. The number of hydrogen-bond acceptors (Lipinski definition) is 25. The number of H-pyrrole nitrogens is 2. The van der Waals surface area contributed by atoms with Crippen molar-refractivity contribution in [2.45, 2.75) is 244 Å². The van der Waals surface area contributed by atoms with Crippen molar-refractivity contribution in [3.63, 3.8) is 0 Å². The van der Waals surface area contributed by atoms with Crippen LogP contribution in [0.3, 0.4) is 0 Å². The third-order valence-electron chi connectivity index (χ3n) is 22.8. The number of hydrogen-bond donors (Lipinski definition) is 3. The fourth-order valence-corrected chi connectivity index (χ4v) is 22.3. The van der Waals surface area contributed by atoms with Gasteiger partial charge in [-0.1, -0.05) is 109 Å². The van der Waals surface area contributed by atoms with E-state index in [2.05, 4.69) is 91.5 Å². The number of aliphatic hydroxyl groups is 1. The number of nitrogens with zero attached hydrogens (tertiary/aromatic N) is 7. The first-order valence-corrected chi connectivity index (χ1v) is 45.7. The molecule has 0 amide bonds. The number of aromatic amines is 2. The molecule has 4 bridgehead atoms. The highest BCUT2D eigenvalue weighted by Gasteiger charge is 2.66. The van der Waals surface area contributed by atoms with E-state index in [4.69, 9.17) is 66.6 Å². The molecule has 0 aliphatic carbocycles. The summed E-state index contributed by atoms with van der Waals surface area (Å²) in [5.41, 5.74) is -3.53. The van der Waals surface area contributed by atoms with E-state index in [1.165, 1.54) is 21.5 Å². The van der Waals surface area contributed by atoms with Crippen LogP contribution in [0.1, 0.15) is 181 Å². The van der Waals surface area contributed by atoms with Crippen molar-refractivity contribution >= 4 is 28.5 Å². The summed E-state index contributed by atoms with van der Waals surface area (Å²) in [5.74, 6) is 1.99. The van der Waals surface area contributed by atoms with E-state index >= 15 is 0 Å². The number of ether oxygens (including phenoxy) is 12. The zero-order valence-corrected chi connectivity index (χ0v) is 78.8. The second kappa shape index (κ2) is 42.6. The molecule has 127 heavy (non-hydrogen) atoms. The van der Waals surface area contributed by atoms with Gasteiger partial charge in [0.2, 0.25) is 0 Å². The summed E-state index contributed by atoms with van der Waals surface area (Å²) in [6.07, 6.45) is -2.32. The Morgan fingerprint density at radius 1 is 0.480 bits per heavy atom. The molecule has 29 nitrogen and oxygen atoms in total. The first-order chi connectivity index (χ1) is 60.2. The number of esters is 2. The van der Waals surface area contributed by atoms with Crippen LogP contribution in [0.5, 0.6) is 23.0 Å². The SMILES string of the molecule is CC(C)N(C(C)C)P(CC(=O)OC(C)(C)CC#N)N(C(C)C)C(C)C.COc1ccc(C(OC[C@]23COC(C2O)[C@H](n2cc(C)c(=O)[nH]c2=O)O3)(c2ccccc2)c2ccc(OC)cc2)cc1.COc1ccc(C(OC[C@]23COC(C2OP(CC(=O)OC(C)(C)CC#N)N(C(C)C)C(C)C)[C@H](n2cc(C)c(=O)[nH]c2=O)O3)(c2ccccc2)c2ccc(OC)cc2)cc1. The summed E-state index contributed by atoms with van der Waals surface area (Å²) in [7, 11) is 3.84. The van der Waals surface area contributed by atoms with Gasteiger partial charge in [-0.25, -0.2) is 9.59 Å². The number of methoxy groups -OCH3 is 4. The molecule has 4 aliphatic rings. The van der Waals surface area contributed by atoms with Crippen LogP contribution >= 0.6 is 16.5 Å². The van der Waals surface area contributed by atoms with Crippen molar-refractivity contribution in [1.29, 1.82) is 10.5 Å². The average molecular weight is 1790 g/mol. The van der Waals surface area contributed by atoms with E-state index in [1.807, 2.05) is 185 Å². The Morgan fingerprint density at radius 2 is 0.795 bits per heavy atom. The van der Waals surface area contributed by atoms with Crippen molar-refractivity contribution < 1.29 is 76.1 Å². The van der Waals surface area contributed by atoms with Crippen LogP contribution < -0.4 is 41.4 Å². The minimum Gasteiger partial charge on any atom is -0.497 e. The molecule has 12 rings (SSSR count). The van der Waals surface area contributed by atoms with Gasteiger partial charge in [-0.05, 0) is 207 Å². The minimum absolute atomic E-state index is 0.0169. The maximum atomic E-state index is 13.7. The van der Waals surface area contributed by atoms with E-state index in [0.29, 0.717) is 64.5 Å². The third kappa shape index (κ3) is 22.4. The lowest BCUT2D eigenvalue weighted by Crippen LogP contribution is -2.49. The molecule has 9 atom stereocenters. The van der Waals surface area contributed by atoms with E-state index < -0.39 is 115 Å². The van der Waals surface area contributed by atoms with Crippen LogP contribution in [-0.2, 0) is 63.2 Å². The second-order valence-electron chi connectivity index (χ2n) is 35.1. The van der Waals surface area contributed by atoms with Gasteiger partial charge in [0.05, 0.1) is 94.2 Å². The zero-order valence-electron chi connectivity index (χ0n) is 77.0. The smallest absolute Gasteiger partial charge is 0.330 e. The van der Waals surface area contributed by atoms with Gasteiger partial charge in [0.15, 0.2) is 12.5 Å². The van der Waals surface area contributed by atoms with Crippen molar-refractivity contribution in [2.75, 3.05) is 67.2 Å². The summed E-state index contributed by atoms with van der Waals surface area (Å²) in [6.45, 7) is 35.6.